The minimum atomic E-state index is -0.905. The average molecular weight is 390 g/mol. The van der Waals surface area contributed by atoms with Gasteiger partial charge < -0.3 is 19.5 Å². The quantitative estimate of drug-likeness (QED) is 0.769. The lowest BCUT2D eigenvalue weighted by atomic mass is 10.1. The number of fused-ring (bicyclic) bond motifs is 1. The molecule has 0 aromatic heterocycles. The summed E-state index contributed by atoms with van der Waals surface area (Å²) in [7, 11) is 0. The van der Waals surface area contributed by atoms with E-state index >= 15 is 0 Å². The Hall–Kier alpha value is -2.73. The third kappa shape index (κ3) is 5.14. The van der Waals surface area contributed by atoms with Gasteiger partial charge in [-0.3, -0.25) is 9.59 Å². The van der Waals surface area contributed by atoms with Gasteiger partial charge in [0.15, 0.2) is 17.6 Å². The first kappa shape index (κ1) is 19.0. The van der Waals surface area contributed by atoms with Crippen LogP contribution in [0.2, 0.25) is 5.02 Å². The first-order valence-corrected chi connectivity index (χ1v) is 9.00. The van der Waals surface area contributed by atoms with Crippen LogP contribution in [-0.4, -0.2) is 31.2 Å². The van der Waals surface area contributed by atoms with Crippen LogP contribution >= 0.6 is 11.6 Å². The number of benzene rings is 2. The van der Waals surface area contributed by atoms with Crippen LogP contribution in [0.5, 0.6) is 11.5 Å². The van der Waals surface area contributed by atoms with Crippen LogP contribution < -0.4 is 14.8 Å². The standard InChI is InChI=1S/C20H20ClNO5/c1-13(20(24)22-12-15-4-2-3-5-16(15)21)27-19(23)11-14-6-7-17-18(10-14)26-9-8-25-17/h2-7,10,13H,8-9,11-12H2,1H3,(H,22,24)/t13-/m1/s1. The maximum Gasteiger partial charge on any atom is 0.311 e. The largest absolute Gasteiger partial charge is 0.486 e. The number of nitrogens with one attached hydrogen (secondary N) is 1. The van der Waals surface area contributed by atoms with Crippen molar-refractivity contribution in [2.45, 2.75) is 26.0 Å². The molecule has 27 heavy (non-hydrogen) atoms. The topological polar surface area (TPSA) is 73.9 Å². The molecule has 0 saturated heterocycles. The van der Waals surface area contributed by atoms with E-state index in [1.54, 1.807) is 24.3 Å². The smallest absolute Gasteiger partial charge is 0.311 e. The monoisotopic (exact) mass is 389 g/mol. The molecule has 1 atom stereocenters. The van der Waals surface area contributed by atoms with Gasteiger partial charge in [0.05, 0.1) is 6.42 Å². The van der Waals surface area contributed by atoms with E-state index in [1.165, 1.54) is 6.92 Å². The second kappa shape index (κ2) is 8.77. The summed E-state index contributed by atoms with van der Waals surface area (Å²) in [6.45, 7) is 2.78. The molecule has 6 nitrogen and oxygen atoms in total. The van der Waals surface area contributed by atoms with Crippen LogP contribution in [0.15, 0.2) is 42.5 Å². The Kier molecular flexibility index (Phi) is 6.19. The van der Waals surface area contributed by atoms with Crippen molar-refractivity contribution in [2.75, 3.05) is 13.2 Å². The minimum absolute atomic E-state index is 0.0404. The third-order valence-corrected chi connectivity index (χ3v) is 4.41. The summed E-state index contributed by atoms with van der Waals surface area (Å²) in [6.07, 6.45) is -0.865. The highest BCUT2D eigenvalue weighted by Crippen LogP contribution is 2.30. The number of amides is 1. The van der Waals surface area contributed by atoms with Gasteiger partial charge in [-0.2, -0.15) is 0 Å². The first-order valence-electron chi connectivity index (χ1n) is 8.62. The summed E-state index contributed by atoms with van der Waals surface area (Å²) in [5, 5.41) is 3.28. The second-order valence-electron chi connectivity index (χ2n) is 6.10. The molecular weight excluding hydrogens is 370 g/mol. The zero-order chi connectivity index (χ0) is 19.2. The molecule has 3 rings (SSSR count). The fraction of sp³-hybridized carbons (Fsp3) is 0.300. The number of carbonyl (C=O) groups excluding carboxylic acids is 2. The zero-order valence-electron chi connectivity index (χ0n) is 14.9. The summed E-state index contributed by atoms with van der Waals surface area (Å²) in [5.74, 6) is 0.389. The van der Waals surface area contributed by atoms with Crippen molar-refractivity contribution in [3.05, 3.63) is 58.6 Å². The van der Waals surface area contributed by atoms with E-state index in [9.17, 15) is 9.59 Å². The Morgan fingerprint density at radius 3 is 2.67 bits per heavy atom. The van der Waals surface area contributed by atoms with Crippen molar-refractivity contribution >= 4 is 23.5 Å². The minimum Gasteiger partial charge on any atom is -0.486 e. The van der Waals surface area contributed by atoms with E-state index in [-0.39, 0.29) is 18.9 Å². The number of ether oxygens (including phenoxy) is 3. The molecule has 1 heterocycles. The Morgan fingerprint density at radius 2 is 1.89 bits per heavy atom. The molecule has 1 amide bonds. The maximum atomic E-state index is 12.1. The molecule has 142 valence electrons. The Bertz CT molecular complexity index is 839. The lowest BCUT2D eigenvalue weighted by Crippen LogP contribution is -2.35. The molecule has 2 aromatic carbocycles. The van der Waals surface area contributed by atoms with Crippen molar-refractivity contribution in [3.8, 4) is 11.5 Å². The van der Waals surface area contributed by atoms with Crippen molar-refractivity contribution in [2.24, 2.45) is 0 Å². The highest BCUT2D eigenvalue weighted by molar-refractivity contribution is 6.31. The van der Waals surface area contributed by atoms with Crippen LogP contribution in [0.1, 0.15) is 18.1 Å². The summed E-state index contributed by atoms with van der Waals surface area (Å²) in [5.41, 5.74) is 1.52. The zero-order valence-corrected chi connectivity index (χ0v) is 15.6. The van der Waals surface area contributed by atoms with Gasteiger partial charge in [0.25, 0.3) is 5.91 Å². The van der Waals surface area contributed by atoms with Gasteiger partial charge in [-0.05, 0) is 36.2 Å². The van der Waals surface area contributed by atoms with E-state index in [1.807, 2.05) is 18.2 Å². The number of esters is 1. The van der Waals surface area contributed by atoms with Gasteiger partial charge in [-0.1, -0.05) is 35.9 Å². The summed E-state index contributed by atoms with van der Waals surface area (Å²) < 4.78 is 16.2. The molecule has 0 radical (unpaired) electrons. The van der Waals surface area contributed by atoms with E-state index in [0.717, 1.165) is 11.1 Å². The fourth-order valence-corrected chi connectivity index (χ4v) is 2.83. The molecule has 1 aliphatic rings. The summed E-state index contributed by atoms with van der Waals surface area (Å²) >= 11 is 6.06. The molecule has 0 saturated carbocycles. The van der Waals surface area contributed by atoms with Crippen molar-refractivity contribution in [1.29, 1.82) is 0 Å². The van der Waals surface area contributed by atoms with E-state index in [4.69, 9.17) is 25.8 Å². The summed E-state index contributed by atoms with van der Waals surface area (Å²) in [4.78, 5) is 24.3. The van der Waals surface area contributed by atoms with Gasteiger partial charge in [-0.25, -0.2) is 0 Å². The number of hydrogen-bond acceptors (Lipinski definition) is 5. The van der Waals surface area contributed by atoms with E-state index in [2.05, 4.69) is 5.32 Å². The number of halogens is 1. The molecule has 0 aliphatic carbocycles. The average Bonchev–Trinajstić information content (AvgIpc) is 2.67. The second-order valence-corrected chi connectivity index (χ2v) is 6.50. The number of hydrogen-bond donors (Lipinski definition) is 1. The van der Waals surface area contributed by atoms with Crippen LogP contribution in [-0.2, 0) is 27.3 Å². The van der Waals surface area contributed by atoms with Gasteiger partial charge >= 0.3 is 5.97 Å². The molecule has 0 bridgehead atoms. The molecule has 1 aliphatic heterocycles. The molecule has 2 aromatic rings. The van der Waals surface area contributed by atoms with Gasteiger partial charge in [0.2, 0.25) is 0 Å². The van der Waals surface area contributed by atoms with E-state index in [0.29, 0.717) is 29.7 Å². The van der Waals surface area contributed by atoms with E-state index < -0.39 is 12.1 Å². The molecule has 0 spiro atoms. The Labute approximate surface area is 162 Å². The molecule has 7 heteroatoms. The number of carbonyl (C=O) groups is 2. The number of rotatable bonds is 6. The third-order valence-electron chi connectivity index (χ3n) is 4.04. The van der Waals surface area contributed by atoms with Crippen LogP contribution in [0, 0.1) is 0 Å². The van der Waals surface area contributed by atoms with Crippen molar-refractivity contribution in [1.82, 2.24) is 5.32 Å². The highest BCUT2D eigenvalue weighted by Gasteiger charge is 2.19. The predicted octanol–water partition coefficient (Wildman–Crippen LogP) is 2.90. The van der Waals surface area contributed by atoms with Gasteiger partial charge in [0.1, 0.15) is 13.2 Å². The fourth-order valence-electron chi connectivity index (χ4n) is 2.62. The molecule has 0 fully saturated rings. The normalized spacial score (nSPS) is 13.6. The Morgan fingerprint density at radius 1 is 1.15 bits per heavy atom. The Balaban J connectivity index is 1.49. The SMILES string of the molecule is C[C@@H](OC(=O)Cc1ccc2c(c1)OCCO2)C(=O)NCc1ccccc1Cl. The lowest BCUT2D eigenvalue weighted by Gasteiger charge is -2.19. The molecule has 0 unspecified atom stereocenters. The predicted molar refractivity (Wildman–Crippen MR) is 100.0 cm³/mol. The lowest BCUT2D eigenvalue weighted by molar-refractivity contribution is -0.154. The van der Waals surface area contributed by atoms with Crippen LogP contribution in [0.25, 0.3) is 0 Å². The summed E-state index contributed by atoms with van der Waals surface area (Å²) in [6, 6.07) is 12.5. The van der Waals surface area contributed by atoms with Gasteiger partial charge in [0, 0.05) is 11.6 Å². The maximum absolute atomic E-state index is 12.1. The molecule has 1 N–H and O–H groups in total. The highest BCUT2D eigenvalue weighted by atomic mass is 35.5. The van der Waals surface area contributed by atoms with Crippen LogP contribution in [0.4, 0.5) is 0 Å². The van der Waals surface area contributed by atoms with Crippen molar-refractivity contribution < 1.29 is 23.8 Å². The molecular formula is C20H20ClNO5. The van der Waals surface area contributed by atoms with Gasteiger partial charge in [-0.15, -0.1) is 0 Å². The first-order chi connectivity index (χ1) is 13.0. The van der Waals surface area contributed by atoms with Crippen molar-refractivity contribution in [3.63, 3.8) is 0 Å². The van der Waals surface area contributed by atoms with Crippen LogP contribution in [0.3, 0.4) is 0 Å².